The number of hydrogen-bond acceptors (Lipinski definition) is 3. The van der Waals surface area contributed by atoms with Crippen molar-refractivity contribution in [1.29, 1.82) is 0 Å². The molecule has 0 N–H and O–H groups in total. The van der Waals surface area contributed by atoms with Crippen LogP contribution in [0.5, 0.6) is 0 Å². The molecule has 0 saturated carbocycles. The Hall–Kier alpha value is -2.05. The maximum atomic E-state index is 12.5. The van der Waals surface area contributed by atoms with Gasteiger partial charge in [-0.25, -0.2) is 4.79 Å². The van der Waals surface area contributed by atoms with Gasteiger partial charge >= 0.3 is 6.03 Å². The molecule has 2 saturated heterocycles. The van der Waals surface area contributed by atoms with Gasteiger partial charge in [-0.1, -0.05) is 0 Å². The molecule has 0 radical (unpaired) electrons. The van der Waals surface area contributed by atoms with Crippen molar-refractivity contribution in [1.82, 2.24) is 24.5 Å². The number of aromatic nitrogens is 2. The fourth-order valence-corrected chi connectivity index (χ4v) is 4.10. The minimum atomic E-state index is 0.0614. The van der Waals surface area contributed by atoms with Crippen molar-refractivity contribution >= 4 is 11.9 Å². The summed E-state index contributed by atoms with van der Waals surface area (Å²) in [5.74, 6) is 0.636. The summed E-state index contributed by atoms with van der Waals surface area (Å²) >= 11 is 0. The van der Waals surface area contributed by atoms with Crippen LogP contribution in [0.15, 0.2) is 6.07 Å². The Kier molecular flexibility index (Phi) is 5.01. The summed E-state index contributed by atoms with van der Waals surface area (Å²) in [7, 11) is 3.57. The molecule has 2 atom stereocenters. The topological polar surface area (TPSA) is 61.7 Å². The van der Waals surface area contributed by atoms with Gasteiger partial charge in [0, 0.05) is 58.3 Å². The highest BCUT2D eigenvalue weighted by Gasteiger charge is 2.44. The fourth-order valence-electron chi connectivity index (χ4n) is 4.10. The molecule has 3 heterocycles. The van der Waals surface area contributed by atoms with Crippen molar-refractivity contribution in [3.8, 4) is 0 Å². The predicted molar refractivity (Wildman–Crippen MR) is 95.2 cm³/mol. The van der Waals surface area contributed by atoms with Gasteiger partial charge in [0.25, 0.3) is 0 Å². The lowest BCUT2D eigenvalue weighted by molar-refractivity contribution is -0.130. The first kappa shape index (κ1) is 17.8. The van der Waals surface area contributed by atoms with Crippen molar-refractivity contribution in [3.63, 3.8) is 0 Å². The van der Waals surface area contributed by atoms with E-state index in [1.54, 1.807) is 19.0 Å². The Morgan fingerprint density at radius 1 is 1.28 bits per heavy atom. The molecular formula is C18H29N5O2. The van der Waals surface area contributed by atoms with Crippen molar-refractivity contribution in [2.75, 3.05) is 33.7 Å². The second-order valence-corrected chi connectivity index (χ2v) is 7.54. The van der Waals surface area contributed by atoms with Crippen LogP contribution in [0, 0.1) is 19.8 Å². The highest BCUT2D eigenvalue weighted by Crippen LogP contribution is 2.32. The number of nitrogens with zero attached hydrogens (tertiary/aromatic N) is 5. The van der Waals surface area contributed by atoms with Gasteiger partial charge in [-0.05, 0) is 32.8 Å². The molecule has 0 aliphatic carbocycles. The fraction of sp³-hybridized carbons (Fsp3) is 0.722. The van der Waals surface area contributed by atoms with Gasteiger partial charge < -0.3 is 14.7 Å². The van der Waals surface area contributed by atoms with E-state index in [0.29, 0.717) is 18.9 Å². The van der Waals surface area contributed by atoms with Gasteiger partial charge in [0.2, 0.25) is 5.91 Å². The molecular weight excluding hydrogens is 318 g/mol. The lowest BCUT2D eigenvalue weighted by atomic mass is 10.1. The molecule has 2 fully saturated rings. The number of hydrogen-bond donors (Lipinski definition) is 0. The van der Waals surface area contributed by atoms with Crippen LogP contribution in [0.2, 0.25) is 0 Å². The lowest BCUT2D eigenvalue weighted by Gasteiger charge is -2.27. The standard InChI is InChI=1S/C18H29N5O2/c1-13-10-14(2)23(19-13)8-5-6-17(24)21-11-15-7-9-22(16(15)12-21)18(25)20(3)4/h10,15-16H,5-9,11-12H2,1-4H3/t15-,16+/m1/s1. The monoisotopic (exact) mass is 347 g/mol. The molecule has 1 aromatic rings. The number of amides is 3. The number of aryl methyl sites for hydroxylation is 3. The molecule has 2 aliphatic heterocycles. The number of rotatable bonds is 4. The van der Waals surface area contributed by atoms with Crippen molar-refractivity contribution in [2.45, 2.75) is 45.7 Å². The van der Waals surface area contributed by atoms with E-state index in [0.717, 1.165) is 43.9 Å². The zero-order valence-electron chi connectivity index (χ0n) is 15.7. The summed E-state index contributed by atoms with van der Waals surface area (Å²) in [6.45, 7) is 7.09. The molecule has 0 bridgehead atoms. The SMILES string of the molecule is Cc1cc(C)n(CCCC(=O)N2C[C@H]3CCN(C(=O)N(C)C)[C@H]3C2)n1. The second kappa shape index (κ2) is 7.06. The number of likely N-dealkylation sites (tertiary alicyclic amines) is 2. The average Bonchev–Trinajstić information content (AvgIpc) is 3.20. The van der Waals surface area contributed by atoms with Crippen LogP contribution in [0.25, 0.3) is 0 Å². The third-order valence-electron chi connectivity index (χ3n) is 5.39. The minimum absolute atomic E-state index is 0.0614. The zero-order chi connectivity index (χ0) is 18.1. The van der Waals surface area contributed by atoms with Crippen LogP contribution in [0.1, 0.15) is 30.7 Å². The van der Waals surface area contributed by atoms with Crippen molar-refractivity contribution in [2.24, 2.45) is 5.92 Å². The quantitative estimate of drug-likeness (QED) is 0.829. The normalized spacial score (nSPS) is 22.4. The molecule has 1 aromatic heterocycles. The van der Waals surface area contributed by atoms with E-state index in [9.17, 15) is 9.59 Å². The number of carbonyl (C=O) groups excluding carboxylic acids is 2. The van der Waals surface area contributed by atoms with E-state index >= 15 is 0 Å². The first-order valence-corrected chi connectivity index (χ1v) is 9.13. The Morgan fingerprint density at radius 2 is 2.04 bits per heavy atom. The van der Waals surface area contributed by atoms with E-state index in [1.807, 2.05) is 28.3 Å². The summed E-state index contributed by atoms with van der Waals surface area (Å²) in [4.78, 5) is 30.3. The molecule has 0 unspecified atom stereocenters. The predicted octanol–water partition coefficient (Wildman–Crippen LogP) is 1.49. The van der Waals surface area contributed by atoms with Crippen LogP contribution < -0.4 is 0 Å². The van der Waals surface area contributed by atoms with E-state index in [4.69, 9.17) is 0 Å². The third kappa shape index (κ3) is 3.65. The minimum Gasteiger partial charge on any atom is -0.340 e. The van der Waals surface area contributed by atoms with E-state index in [1.165, 1.54) is 0 Å². The van der Waals surface area contributed by atoms with Crippen LogP contribution in [0.4, 0.5) is 4.79 Å². The van der Waals surface area contributed by atoms with Crippen molar-refractivity contribution < 1.29 is 9.59 Å². The summed E-state index contributed by atoms with van der Waals surface area (Å²) < 4.78 is 1.97. The summed E-state index contributed by atoms with van der Waals surface area (Å²) in [6, 6.07) is 2.31. The molecule has 7 nitrogen and oxygen atoms in total. The van der Waals surface area contributed by atoms with Gasteiger partial charge in [0.05, 0.1) is 11.7 Å². The van der Waals surface area contributed by atoms with E-state index < -0.39 is 0 Å². The maximum Gasteiger partial charge on any atom is 0.319 e. The van der Waals surface area contributed by atoms with Gasteiger partial charge in [-0.3, -0.25) is 9.48 Å². The van der Waals surface area contributed by atoms with Crippen LogP contribution in [-0.2, 0) is 11.3 Å². The summed E-state index contributed by atoms with van der Waals surface area (Å²) in [6.07, 6.45) is 2.34. The summed E-state index contributed by atoms with van der Waals surface area (Å²) in [5.41, 5.74) is 2.15. The first-order chi connectivity index (χ1) is 11.9. The van der Waals surface area contributed by atoms with Gasteiger partial charge in [-0.15, -0.1) is 0 Å². The molecule has 0 aromatic carbocycles. The molecule has 138 valence electrons. The van der Waals surface area contributed by atoms with Crippen LogP contribution >= 0.6 is 0 Å². The molecule has 0 spiro atoms. The number of urea groups is 1. The molecule has 3 amide bonds. The second-order valence-electron chi connectivity index (χ2n) is 7.54. The van der Waals surface area contributed by atoms with E-state index in [2.05, 4.69) is 11.2 Å². The Bertz CT molecular complexity index is 654. The maximum absolute atomic E-state index is 12.5. The van der Waals surface area contributed by atoms with Gasteiger partial charge in [0.1, 0.15) is 0 Å². The highest BCUT2D eigenvalue weighted by atomic mass is 16.2. The van der Waals surface area contributed by atoms with Crippen molar-refractivity contribution in [3.05, 3.63) is 17.5 Å². The van der Waals surface area contributed by atoms with Gasteiger partial charge in [0.15, 0.2) is 0 Å². The Morgan fingerprint density at radius 3 is 2.68 bits per heavy atom. The highest BCUT2D eigenvalue weighted by molar-refractivity contribution is 5.78. The third-order valence-corrected chi connectivity index (χ3v) is 5.39. The smallest absolute Gasteiger partial charge is 0.319 e. The molecule has 2 aliphatic rings. The Balaban J connectivity index is 1.49. The number of fused-ring (bicyclic) bond motifs is 1. The molecule has 25 heavy (non-hydrogen) atoms. The van der Waals surface area contributed by atoms with E-state index in [-0.39, 0.29) is 18.0 Å². The summed E-state index contributed by atoms with van der Waals surface area (Å²) in [5, 5.41) is 4.44. The average molecular weight is 347 g/mol. The molecule has 3 rings (SSSR count). The number of carbonyl (C=O) groups is 2. The zero-order valence-corrected chi connectivity index (χ0v) is 15.7. The largest absolute Gasteiger partial charge is 0.340 e. The molecule has 7 heteroatoms. The lowest BCUT2D eigenvalue weighted by Crippen LogP contribution is -2.45. The Labute approximate surface area is 149 Å². The van der Waals surface area contributed by atoms with Crippen LogP contribution in [0.3, 0.4) is 0 Å². The van der Waals surface area contributed by atoms with Gasteiger partial charge in [-0.2, -0.15) is 5.10 Å². The first-order valence-electron chi connectivity index (χ1n) is 9.13. The van der Waals surface area contributed by atoms with Crippen LogP contribution in [-0.4, -0.2) is 76.2 Å².